The van der Waals surface area contributed by atoms with Crippen molar-refractivity contribution in [2.45, 2.75) is 13.3 Å². The highest BCUT2D eigenvalue weighted by molar-refractivity contribution is 6.30. The molecule has 0 unspecified atom stereocenters. The molecule has 1 rings (SSSR count). The zero-order valence-electron chi connectivity index (χ0n) is 5.81. The third kappa shape index (κ3) is 1.87. The number of nitrogens with zero attached hydrogens (tertiary/aromatic N) is 1. The molecule has 0 aliphatic rings. The predicted molar refractivity (Wildman–Crippen MR) is 38.9 cm³/mol. The van der Waals surface area contributed by atoms with Crippen LogP contribution in [0.1, 0.15) is 17.7 Å². The largest absolute Gasteiger partial charge is 0.280 e. The van der Waals surface area contributed by atoms with Crippen molar-refractivity contribution in [1.29, 1.82) is 0 Å². The van der Waals surface area contributed by atoms with Gasteiger partial charge in [0.1, 0.15) is 5.69 Å². The zero-order chi connectivity index (χ0) is 8.43. The van der Waals surface area contributed by atoms with Crippen LogP contribution < -0.4 is 0 Å². The molecule has 0 spiro atoms. The number of alkyl halides is 2. The summed E-state index contributed by atoms with van der Waals surface area (Å²) >= 11 is 5.51. The van der Waals surface area contributed by atoms with Crippen LogP contribution in [0.25, 0.3) is 0 Å². The molecule has 0 aromatic carbocycles. The third-order valence-corrected chi connectivity index (χ3v) is 1.50. The van der Waals surface area contributed by atoms with Crippen molar-refractivity contribution >= 4 is 11.6 Å². The minimum Gasteiger partial charge on any atom is -0.253 e. The fraction of sp³-hybridized carbons (Fsp3) is 0.286. The van der Waals surface area contributed by atoms with Crippen LogP contribution in [0.4, 0.5) is 8.78 Å². The van der Waals surface area contributed by atoms with Crippen LogP contribution in [-0.4, -0.2) is 4.98 Å². The van der Waals surface area contributed by atoms with Gasteiger partial charge in [0.2, 0.25) is 0 Å². The maximum absolute atomic E-state index is 12.1. The first-order valence-electron chi connectivity index (χ1n) is 3.01. The second-order valence-electron chi connectivity index (χ2n) is 2.16. The van der Waals surface area contributed by atoms with Crippen LogP contribution in [0.3, 0.4) is 0 Å². The molecule has 0 N–H and O–H groups in total. The average Bonchev–Trinajstić information content (AvgIpc) is 1.85. The Bertz CT molecular complexity index is 263. The van der Waals surface area contributed by atoms with Crippen LogP contribution >= 0.6 is 11.6 Å². The van der Waals surface area contributed by atoms with Crippen molar-refractivity contribution in [3.8, 4) is 0 Å². The van der Waals surface area contributed by atoms with Gasteiger partial charge in [-0.25, -0.2) is 8.78 Å². The molecule has 0 bridgehead atoms. The summed E-state index contributed by atoms with van der Waals surface area (Å²) in [5.74, 6) is 0. The van der Waals surface area contributed by atoms with Crippen LogP contribution in [-0.2, 0) is 0 Å². The van der Waals surface area contributed by atoms with E-state index < -0.39 is 6.43 Å². The molecular weight excluding hydrogens is 172 g/mol. The Morgan fingerprint density at radius 2 is 2.18 bits per heavy atom. The van der Waals surface area contributed by atoms with E-state index in [9.17, 15) is 8.78 Å². The van der Waals surface area contributed by atoms with E-state index in [-0.39, 0.29) is 5.69 Å². The molecular formula is C7H6ClF2N. The Balaban J connectivity index is 3.09. The second kappa shape index (κ2) is 3.13. The van der Waals surface area contributed by atoms with Gasteiger partial charge in [0.25, 0.3) is 6.43 Å². The lowest BCUT2D eigenvalue weighted by atomic mass is 10.2. The minimum absolute atomic E-state index is 0.200. The van der Waals surface area contributed by atoms with Gasteiger partial charge < -0.3 is 0 Å². The second-order valence-corrected chi connectivity index (χ2v) is 2.59. The maximum atomic E-state index is 12.1. The van der Waals surface area contributed by atoms with Crippen molar-refractivity contribution in [2.75, 3.05) is 0 Å². The van der Waals surface area contributed by atoms with Crippen molar-refractivity contribution in [1.82, 2.24) is 4.98 Å². The maximum Gasteiger partial charge on any atom is 0.280 e. The standard InChI is InChI=1S/C7H6ClF2N/c1-4-2-5(8)3-11-6(4)7(9)10/h2-3,7H,1H3. The fourth-order valence-electron chi connectivity index (χ4n) is 0.780. The molecule has 0 fully saturated rings. The topological polar surface area (TPSA) is 12.9 Å². The van der Waals surface area contributed by atoms with Gasteiger partial charge in [-0.05, 0) is 18.6 Å². The van der Waals surface area contributed by atoms with Crippen LogP contribution in [0.15, 0.2) is 12.3 Å². The summed E-state index contributed by atoms with van der Waals surface area (Å²) in [6.07, 6.45) is -1.30. The van der Waals surface area contributed by atoms with Gasteiger partial charge in [-0.1, -0.05) is 11.6 Å². The number of hydrogen-bond donors (Lipinski definition) is 0. The lowest BCUT2D eigenvalue weighted by molar-refractivity contribution is 0.145. The molecule has 1 aromatic rings. The minimum atomic E-state index is -2.52. The van der Waals surface area contributed by atoms with Crippen molar-refractivity contribution in [2.24, 2.45) is 0 Å². The lowest BCUT2D eigenvalue weighted by Crippen LogP contribution is -1.93. The van der Waals surface area contributed by atoms with E-state index in [0.29, 0.717) is 10.6 Å². The van der Waals surface area contributed by atoms with Crippen molar-refractivity contribution in [3.05, 3.63) is 28.5 Å². The number of halogens is 3. The molecule has 1 heterocycles. The first-order valence-corrected chi connectivity index (χ1v) is 3.39. The van der Waals surface area contributed by atoms with Gasteiger partial charge in [0.05, 0.1) is 5.02 Å². The smallest absolute Gasteiger partial charge is 0.253 e. The van der Waals surface area contributed by atoms with E-state index >= 15 is 0 Å². The first kappa shape index (κ1) is 8.40. The Labute approximate surface area is 68.0 Å². The van der Waals surface area contributed by atoms with Crippen LogP contribution in [0.5, 0.6) is 0 Å². The summed E-state index contributed by atoms with van der Waals surface area (Å²) in [5, 5.41) is 0.381. The Morgan fingerprint density at radius 1 is 1.55 bits per heavy atom. The fourth-order valence-corrected chi connectivity index (χ4v) is 0.992. The molecule has 0 saturated carbocycles. The van der Waals surface area contributed by atoms with E-state index in [1.807, 2.05) is 0 Å². The highest BCUT2D eigenvalue weighted by Gasteiger charge is 2.11. The van der Waals surface area contributed by atoms with E-state index in [1.165, 1.54) is 12.3 Å². The molecule has 0 atom stereocenters. The highest BCUT2D eigenvalue weighted by Crippen LogP contribution is 2.21. The summed E-state index contributed by atoms with van der Waals surface area (Å²) in [7, 11) is 0. The molecule has 0 saturated heterocycles. The van der Waals surface area contributed by atoms with Gasteiger partial charge >= 0.3 is 0 Å². The van der Waals surface area contributed by atoms with Crippen molar-refractivity contribution < 1.29 is 8.78 Å². The Hall–Kier alpha value is -0.700. The van der Waals surface area contributed by atoms with Crippen LogP contribution in [0.2, 0.25) is 5.02 Å². The predicted octanol–water partition coefficient (Wildman–Crippen LogP) is 2.98. The molecule has 0 amide bonds. The van der Waals surface area contributed by atoms with Crippen molar-refractivity contribution in [3.63, 3.8) is 0 Å². The summed E-state index contributed by atoms with van der Waals surface area (Å²) in [5.41, 5.74) is 0.224. The summed E-state index contributed by atoms with van der Waals surface area (Å²) in [6.45, 7) is 1.56. The Kier molecular flexibility index (Phi) is 2.39. The number of pyridine rings is 1. The summed E-state index contributed by atoms with van der Waals surface area (Å²) < 4.78 is 24.1. The quantitative estimate of drug-likeness (QED) is 0.643. The molecule has 0 aliphatic heterocycles. The molecule has 1 aromatic heterocycles. The summed E-state index contributed by atoms with van der Waals surface area (Å²) in [4.78, 5) is 3.50. The van der Waals surface area contributed by atoms with E-state index in [2.05, 4.69) is 4.98 Å². The molecule has 0 aliphatic carbocycles. The van der Waals surface area contributed by atoms with Gasteiger partial charge in [-0.2, -0.15) is 0 Å². The molecule has 11 heavy (non-hydrogen) atoms. The summed E-state index contributed by atoms with van der Waals surface area (Å²) in [6, 6.07) is 1.47. The molecule has 4 heteroatoms. The number of rotatable bonds is 1. The number of aryl methyl sites for hydroxylation is 1. The van der Waals surface area contributed by atoms with Gasteiger partial charge in [-0.15, -0.1) is 0 Å². The van der Waals surface area contributed by atoms with Gasteiger partial charge in [0, 0.05) is 6.20 Å². The Morgan fingerprint density at radius 3 is 2.64 bits per heavy atom. The number of aromatic nitrogens is 1. The van der Waals surface area contributed by atoms with Gasteiger partial charge in [-0.3, -0.25) is 4.98 Å². The molecule has 0 radical (unpaired) electrons. The number of hydrogen-bond acceptors (Lipinski definition) is 1. The van der Waals surface area contributed by atoms with E-state index in [0.717, 1.165) is 0 Å². The van der Waals surface area contributed by atoms with Gasteiger partial charge in [0.15, 0.2) is 0 Å². The SMILES string of the molecule is Cc1cc(Cl)cnc1C(F)F. The monoisotopic (exact) mass is 177 g/mol. The zero-order valence-corrected chi connectivity index (χ0v) is 6.57. The normalized spacial score (nSPS) is 10.6. The highest BCUT2D eigenvalue weighted by atomic mass is 35.5. The average molecular weight is 178 g/mol. The van der Waals surface area contributed by atoms with Crippen LogP contribution in [0, 0.1) is 6.92 Å². The van der Waals surface area contributed by atoms with E-state index in [4.69, 9.17) is 11.6 Å². The molecule has 60 valence electrons. The third-order valence-electron chi connectivity index (χ3n) is 1.29. The molecule has 1 nitrogen and oxygen atoms in total. The lowest BCUT2D eigenvalue weighted by Gasteiger charge is -2.01. The first-order chi connectivity index (χ1) is 5.11. The van der Waals surface area contributed by atoms with E-state index in [1.54, 1.807) is 6.92 Å².